The third kappa shape index (κ3) is 2.29. The van der Waals surface area contributed by atoms with Crippen molar-refractivity contribution < 1.29 is 10.2 Å². The van der Waals surface area contributed by atoms with Gasteiger partial charge in [0, 0.05) is 0 Å². The molecule has 2 heteroatoms. The van der Waals surface area contributed by atoms with Crippen molar-refractivity contribution in [1.29, 1.82) is 0 Å². The van der Waals surface area contributed by atoms with Crippen LogP contribution in [0.4, 0.5) is 0 Å². The van der Waals surface area contributed by atoms with Crippen molar-refractivity contribution in [3.8, 4) is 0 Å². The van der Waals surface area contributed by atoms with Crippen molar-refractivity contribution in [2.75, 3.05) is 0 Å². The zero-order chi connectivity index (χ0) is 16.2. The molecule has 0 aliphatic heterocycles. The minimum atomic E-state index is -0.934. The second-order valence-corrected chi connectivity index (χ2v) is 9.33. The molecule has 0 amide bonds. The second-order valence-electron chi connectivity index (χ2n) is 9.33. The second kappa shape index (κ2) is 5.34. The highest BCUT2D eigenvalue weighted by Crippen LogP contribution is 2.64. The van der Waals surface area contributed by atoms with Crippen molar-refractivity contribution in [3.63, 3.8) is 0 Å². The molecule has 3 rings (SSSR count). The van der Waals surface area contributed by atoms with Gasteiger partial charge in [-0.2, -0.15) is 0 Å². The van der Waals surface area contributed by atoms with E-state index in [4.69, 9.17) is 0 Å². The van der Waals surface area contributed by atoms with Crippen molar-refractivity contribution >= 4 is 0 Å². The smallest absolute Gasteiger partial charge is 0.0942 e. The monoisotopic (exact) mass is 306 g/mol. The van der Waals surface area contributed by atoms with E-state index in [2.05, 4.69) is 27.4 Å². The van der Waals surface area contributed by atoms with Crippen LogP contribution in [0, 0.1) is 28.6 Å². The maximum Gasteiger partial charge on any atom is 0.0942 e. The van der Waals surface area contributed by atoms with Crippen LogP contribution in [0.15, 0.2) is 12.7 Å². The van der Waals surface area contributed by atoms with Crippen molar-refractivity contribution in [1.82, 2.24) is 0 Å². The maximum atomic E-state index is 10.9. The first-order valence-corrected chi connectivity index (χ1v) is 9.26. The third-order valence-corrected chi connectivity index (χ3v) is 7.77. The van der Waals surface area contributed by atoms with Crippen LogP contribution in [0.2, 0.25) is 0 Å². The lowest BCUT2D eigenvalue weighted by Crippen LogP contribution is -2.60. The minimum absolute atomic E-state index is 0.272. The van der Waals surface area contributed by atoms with E-state index in [1.54, 1.807) is 6.08 Å². The zero-order valence-corrected chi connectivity index (χ0v) is 14.6. The molecule has 2 nitrogen and oxygen atoms in total. The van der Waals surface area contributed by atoms with Gasteiger partial charge in [-0.3, -0.25) is 0 Å². The van der Waals surface area contributed by atoms with Gasteiger partial charge in [0.2, 0.25) is 0 Å². The van der Waals surface area contributed by atoms with Gasteiger partial charge in [0.05, 0.1) is 11.7 Å². The van der Waals surface area contributed by atoms with Crippen LogP contribution in [0.1, 0.15) is 72.1 Å². The highest BCUT2D eigenvalue weighted by atomic mass is 16.3. The predicted molar refractivity (Wildman–Crippen MR) is 90.4 cm³/mol. The molecule has 0 saturated heterocycles. The Bertz CT molecular complexity index is 443. The molecule has 126 valence electrons. The SMILES string of the molecule is C=CC[C@]1(O)CC[C@H]2[C@H](CC[C@H]3C(C)(C)CCC[C@]23C)[C@H]1O. The largest absolute Gasteiger partial charge is 0.390 e. The van der Waals surface area contributed by atoms with E-state index in [9.17, 15) is 10.2 Å². The fraction of sp³-hybridized carbons (Fsp3) is 0.900. The van der Waals surface area contributed by atoms with E-state index in [0.717, 1.165) is 25.2 Å². The summed E-state index contributed by atoms with van der Waals surface area (Å²) in [7, 11) is 0. The Labute approximate surface area is 136 Å². The lowest BCUT2D eigenvalue weighted by atomic mass is 9.43. The molecule has 3 aliphatic rings. The van der Waals surface area contributed by atoms with E-state index >= 15 is 0 Å². The van der Waals surface area contributed by atoms with E-state index < -0.39 is 11.7 Å². The molecular weight excluding hydrogens is 272 g/mol. The fourth-order valence-electron chi connectivity index (χ4n) is 6.73. The first-order valence-electron chi connectivity index (χ1n) is 9.26. The van der Waals surface area contributed by atoms with Gasteiger partial charge >= 0.3 is 0 Å². The van der Waals surface area contributed by atoms with Gasteiger partial charge in [-0.15, -0.1) is 6.58 Å². The summed E-state index contributed by atoms with van der Waals surface area (Å²) in [6.07, 6.45) is 9.75. The number of hydrogen-bond acceptors (Lipinski definition) is 2. The summed E-state index contributed by atoms with van der Waals surface area (Å²) in [6, 6.07) is 0. The first kappa shape index (κ1) is 16.5. The van der Waals surface area contributed by atoms with Gasteiger partial charge in [0.25, 0.3) is 0 Å². The molecule has 2 N–H and O–H groups in total. The highest BCUT2D eigenvalue weighted by molar-refractivity contribution is 5.10. The molecule has 0 aromatic heterocycles. The molecular formula is C20H34O2. The van der Waals surface area contributed by atoms with Gasteiger partial charge in [-0.1, -0.05) is 33.3 Å². The Balaban J connectivity index is 1.88. The molecule has 0 spiro atoms. The Kier molecular flexibility index (Phi) is 4.01. The van der Waals surface area contributed by atoms with Crippen LogP contribution < -0.4 is 0 Å². The fourth-order valence-corrected chi connectivity index (χ4v) is 6.73. The number of hydrogen-bond donors (Lipinski definition) is 2. The predicted octanol–water partition coefficient (Wildman–Crippen LogP) is 4.31. The van der Waals surface area contributed by atoms with E-state index in [0.29, 0.717) is 23.2 Å². The van der Waals surface area contributed by atoms with Gasteiger partial charge in [-0.05, 0) is 73.5 Å². The van der Waals surface area contributed by atoms with Crippen molar-refractivity contribution in [2.45, 2.75) is 83.8 Å². The molecule has 22 heavy (non-hydrogen) atoms. The highest BCUT2D eigenvalue weighted by Gasteiger charge is 2.59. The average Bonchev–Trinajstić information content (AvgIpc) is 2.42. The van der Waals surface area contributed by atoms with Crippen molar-refractivity contribution in [2.24, 2.45) is 28.6 Å². The Morgan fingerprint density at radius 2 is 1.82 bits per heavy atom. The summed E-state index contributed by atoms with van der Waals surface area (Å²) >= 11 is 0. The molecule has 0 heterocycles. The third-order valence-electron chi connectivity index (χ3n) is 7.77. The van der Waals surface area contributed by atoms with Gasteiger partial charge in [-0.25, -0.2) is 0 Å². The summed E-state index contributed by atoms with van der Waals surface area (Å²) in [6.45, 7) is 11.1. The lowest BCUT2D eigenvalue weighted by molar-refractivity contribution is -0.198. The molecule has 6 atom stereocenters. The minimum Gasteiger partial charge on any atom is -0.390 e. The summed E-state index contributed by atoms with van der Waals surface area (Å²) in [5.74, 6) is 1.62. The van der Waals surface area contributed by atoms with Crippen LogP contribution in [0.3, 0.4) is 0 Å². The number of fused-ring (bicyclic) bond motifs is 3. The Morgan fingerprint density at radius 1 is 1.09 bits per heavy atom. The van der Waals surface area contributed by atoms with Crippen LogP contribution in [-0.4, -0.2) is 21.9 Å². The summed E-state index contributed by atoms with van der Waals surface area (Å²) in [5, 5.41) is 21.7. The number of aliphatic hydroxyl groups excluding tert-OH is 1. The van der Waals surface area contributed by atoms with Crippen LogP contribution in [-0.2, 0) is 0 Å². The van der Waals surface area contributed by atoms with Gasteiger partial charge in [0.15, 0.2) is 0 Å². The quantitative estimate of drug-likeness (QED) is 0.746. The van der Waals surface area contributed by atoms with E-state index in [-0.39, 0.29) is 5.92 Å². The summed E-state index contributed by atoms with van der Waals surface area (Å²) in [4.78, 5) is 0. The lowest BCUT2D eigenvalue weighted by Gasteiger charge is -2.62. The molecule has 0 aromatic rings. The molecule has 3 fully saturated rings. The number of rotatable bonds is 2. The van der Waals surface area contributed by atoms with Gasteiger partial charge < -0.3 is 10.2 Å². The Hall–Kier alpha value is -0.340. The molecule has 0 unspecified atom stereocenters. The topological polar surface area (TPSA) is 40.5 Å². The first-order chi connectivity index (χ1) is 10.2. The zero-order valence-electron chi connectivity index (χ0n) is 14.6. The summed E-state index contributed by atoms with van der Waals surface area (Å²) in [5.41, 5.74) is -0.157. The van der Waals surface area contributed by atoms with E-state index in [1.165, 1.54) is 25.7 Å². The molecule has 0 aromatic carbocycles. The maximum absolute atomic E-state index is 10.9. The average molecular weight is 306 g/mol. The molecule has 0 radical (unpaired) electrons. The standard InChI is InChI=1S/C20H34O2/c1-5-10-20(22)13-9-15-14(17(20)21)7-8-16-18(2,3)11-6-12-19(15,16)4/h5,14-17,21-22H,1,6-13H2,2-4H3/t14-,15-,16-,17+,19+,20-/m0/s1. The van der Waals surface area contributed by atoms with Crippen molar-refractivity contribution in [3.05, 3.63) is 12.7 Å². The van der Waals surface area contributed by atoms with Crippen LogP contribution in [0.5, 0.6) is 0 Å². The Morgan fingerprint density at radius 3 is 2.50 bits per heavy atom. The van der Waals surface area contributed by atoms with Crippen LogP contribution >= 0.6 is 0 Å². The summed E-state index contributed by atoms with van der Waals surface area (Å²) < 4.78 is 0. The van der Waals surface area contributed by atoms with Gasteiger partial charge in [0.1, 0.15) is 0 Å². The van der Waals surface area contributed by atoms with Crippen LogP contribution in [0.25, 0.3) is 0 Å². The normalized spacial score (nSPS) is 50.8. The molecule has 0 bridgehead atoms. The molecule has 3 saturated carbocycles. The van der Waals surface area contributed by atoms with E-state index in [1.807, 2.05) is 0 Å². The molecule has 3 aliphatic carbocycles. The number of aliphatic hydroxyl groups is 2.